The Morgan fingerprint density at radius 2 is 2.06 bits per heavy atom. The molecule has 1 heterocycles. The van der Waals surface area contributed by atoms with E-state index in [0.717, 1.165) is 13.0 Å². The molecular formula is C14H24NO+. The van der Waals surface area contributed by atoms with E-state index in [9.17, 15) is 5.11 Å². The van der Waals surface area contributed by atoms with Gasteiger partial charge in [0.15, 0.2) is 0 Å². The second-order valence-electron chi connectivity index (χ2n) is 4.89. The van der Waals surface area contributed by atoms with Crippen LogP contribution in [0.15, 0.2) is 12.7 Å². The third-order valence-electron chi connectivity index (χ3n) is 3.09. The van der Waals surface area contributed by atoms with Crippen LogP contribution in [0.5, 0.6) is 0 Å². The number of quaternary nitrogens is 1. The average molecular weight is 222 g/mol. The van der Waals surface area contributed by atoms with Crippen molar-refractivity contribution in [2.24, 2.45) is 0 Å². The van der Waals surface area contributed by atoms with Crippen LogP contribution < -0.4 is 4.90 Å². The Morgan fingerprint density at radius 3 is 2.69 bits per heavy atom. The Morgan fingerprint density at radius 1 is 1.38 bits per heavy atom. The number of rotatable bonds is 4. The van der Waals surface area contributed by atoms with E-state index < -0.39 is 5.60 Å². The lowest BCUT2D eigenvalue weighted by molar-refractivity contribution is -0.897. The number of hydrogen-bond donors (Lipinski definition) is 2. The van der Waals surface area contributed by atoms with Crippen LogP contribution in [0.4, 0.5) is 0 Å². The highest BCUT2D eigenvalue weighted by molar-refractivity contribution is 5.12. The molecule has 1 saturated heterocycles. The van der Waals surface area contributed by atoms with Gasteiger partial charge in [0.2, 0.25) is 0 Å². The number of aliphatic hydroxyl groups is 1. The molecule has 0 bridgehead atoms. The van der Waals surface area contributed by atoms with E-state index >= 15 is 0 Å². The molecule has 2 heteroatoms. The van der Waals surface area contributed by atoms with Crippen molar-refractivity contribution in [3.8, 4) is 11.8 Å². The quantitative estimate of drug-likeness (QED) is 0.533. The zero-order chi connectivity index (χ0) is 11.9. The monoisotopic (exact) mass is 222 g/mol. The molecule has 1 atom stereocenters. The summed E-state index contributed by atoms with van der Waals surface area (Å²) in [4.78, 5) is 1.57. The molecule has 1 aliphatic rings. The fourth-order valence-corrected chi connectivity index (χ4v) is 2.03. The maximum Gasteiger partial charge on any atom is 0.139 e. The summed E-state index contributed by atoms with van der Waals surface area (Å²) < 4.78 is 0. The van der Waals surface area contributed by atoms with E-state index in [-0.39, 0.29) is 0 Å². The minimum absolute atomic E-state index is 0.679. The predicted octanol–water partition coefficient (Wildman–Crippen LogP) is 0.776. The largest absolute Gasteiger partial charge is 0.378 e. The molecule has 0 saturated carbocycles. The number of piperidine rings is 1. The van der Waals surface area contributed by atoms with Crippen molar-refractivity contribution >= 4 is 0 Å². The minimum Gasteiger partial charge on any atom is -0.378 e. The van der Waals surface area contributed by atoms with Crippen LogP contribution >= 0.6 is 0 Å². The molecule has 0 radical (unpaired) electrons. The Kier molecular flexibility index (Phi) is 5.59. The second-order valence-corrected chi connectivity index (χ2v) is 4.89. The molecule has 0 aliphatic carbocycles. The third kappa shape index (κ3) is 5.34. The molecule has 0 spiro atoms. The lowest BCUT2D eigenvalue weighted by Gasteiger charge is -2.21. The van der Waals surface area contributed by atoms with Gasteiger partial charge in [0, 0.05) is 0 Å². The third-order valence-corrected chi connectivity index (χ3v) is 3.09. The van der Waals surface area contributed by atoms with Crippen molar-refractivity contribution in [3.05, 3.63) is 12.7 Å². The molecule has 1 rings (SSSR count). The topological polar surface area (TPSA) is 24.7 Å². The maximum atomic E-state index is 9.94. The number of hydrogen-bond acceptors (Lipinski definition) is 1. The van der Waals surface area contributed by atoms with Crippen molar-refractivity contribution < 1.29 is 10.0 Å². The summed E-state index contributed by atoms with van der Waals surface area (Å²) >= 11 is 0. The molecule has 2 N–H and O–H groups in total. The van der Waals surface area contributed by atoms with Gasteiger partial charge in [0.1, 0.15) is 12.1 Å². The van der Waals surface area contributed by atoms with Gasteiger partial charge in [-0.05, 0) is 44.9 Å². The van der Waals surface area contributed by atoms with E-state index in [1.165, 1.54) is 32.4 Å². The number of allylic oxidation sites excluding steroid dienone is 1. The number of nitrogens with one attached hydrogen (secondary N) is 1. The van der Waals surface area contributed by atoms with Gasteiger partial charge >= 0.3 is 0 Å². The van der Waals surface area contributed by atoms with Gasteiger partial charge in [-0.15, -0.1) is 6.58 Å². The normalized spacial score (nSPS) is 20.6. The molecule has 1 fully saturated rings. The van der Waals surface area contributed by atoms with E-state index in [4.69, 9.17) is 0 Å². The Bertz CT molecular complexity index is 266. The molecule has 16 heavy (non-hydrogen) atoms. The maximum absolute atomic E-state index is 9.94. The minimum atomic E-state index is -0.844. The summed E-state index contributed by atoms with van der Waals surface area (Å²) in [5, 5.41) is 9.94. The van der Waals surface area contributed by atoms with Crippen molar-refractivity contribution in [3.63, 3.8) is 0 Å². The fourth-order valence-electron chi connectivity index (χ4n) is 2.03. The predicted molar refractivity (Wildman–Crippen MR) is 67.2 cm³/mol. The van der Waals surface area contributed by atoms with Gasteiger partial charge in [0.25, 0.3) is 0 Å². The van der Waals surface area contributed by atoms with E-state index in [0.29, 0.717) is 6.42 Å². The summed E-state index contributed by atoms with van der Waals surface area (Å²) in [6, 6.07) is 0. The lowest BCUT2D eigenvalue weighted by atomic mass is 10.0. The fraction of sp³-hybridized carbons (Fsp3) is 0.714. The van der Waals surface area contributed by atoms with Crippen molar-refractivity contribution in [2.75, 3.05) is 19.6 Å². The Labute approximate surface area is 99.3 Å². The highest BCUT2D eigenvalue weighted by atomic mass is 16.3. The van der Waals surface area contributed by atoms with Crippen LogP contribution in [0.3, 0.4) is 0 Å². The van der Waals surface area contributed by atoms with Crippen LogP contribution in [-0.2, 0) is 0 Å². The van der Waals surface area contributed by atoms with Crippen LogP contribution in [0, 0.1) is 11.8 Å². The molecule has 0 aromatic carbocycles. The van der Waals surface area contributed by atoms with Gasteiger partial charge in [0.05, 0.1) is 13.1 Å². The first kappa shape index (κ1) is 13.3. The molecule has 0 aromatic heterocycles. The summed E-state index contributed by atoms with van der Waals surface area (Å²) in [5.41, 5.74) is -0.844. The van der Waals surface area contributed by atoms with Gasteiger partial charge in [-0.2, -0.15) is 0 Å². The lowest BCUT2D eigenvalue weighted by Crippen LogP contribution is -3.12. The summed E-state index contributed by atoms with van der Waals surface area (Å²) in [7, 11) is 0. The van der Waals surface area contributed by atoms with Crippen LogP contribution in [-0.4, -0.2) is 30.3 Å². The van der Waals surface area contributed by atoms with E-state index in [1.54, 1.807) is 11.8 Å². The first-order valence-electron chi connectivity index (χ1n) is 6.31. The van der Waals surface area contributed by atoms with Crippen molar-refractivity contribution in [1.29, 1.82) is 0 Å². The SMILES string of the molecule is C=CCC[C@@](C)(O)C#CC[NH+]1CCCCC1. The standard InChI is InChI=1S/C14H23NO/c1-3-4-9-14(2,16)10-8-13-15-11-6-5-7-12-15/h3,16H,1,4-7,9,11-13H2,2H3/p+1/t14-/m1/s1. The Balaban J connectivity index is 2.31. The average Bonchev–Trinajstić information content (AvgIpc) is 2.28. The molecule has 0 aromatic rings. The smallest absolute Gasteiger partial charge is 0.139 e. The molecule has 1 aliphatic heterocycles. The van der Waals surface area contributed by atoms with Gasteiger partial charge in [-0.1, -0.05) is 12.0 Å². The molecule has 0 amide bonds. The first-order chi connectivity index (χ1) is 7.64. The van der Waals surface area contributed by atoms with Crippen LogP contribution in [0.25, 0.3) is 0 Å². The summed E-state index contributed by atoms with van der Waals surface area (Å²) in [6.07, 6.45) is 7.34. The molecule has 0 unspecified atom stereocenters. The molecule has 2 nitrogen and oxygen atoms in total. The van der Waals surface area contributed by atoms with Crippen molar-refractivity contribution in [1.82, 2.24) is 0 Å². The Hall–Kier alpha value is -0.780. The summed E-state index contributed by atoms with van der Waals surface area (Å²) in [5.74, 6) is 6.11. The molecule has 90 valence electrons. The number of likely N-dealkylation sites (tertiary alicyclic amines) is 1. The van der Waals surface area contributed by atoms with E-state index in [2.05, 4.69) is 18.4 Å². The van der Waals surface area contributed by atoms with Gasteiger partial charge < -0.3 is 10.0 Å². The van der Waals surface area contributed by atoms with Crippen LogP contribution in [0.2, 0.25) is 0 Å². The zero-order valence-corrected chi connectivity index (χ0v) is 10.4. The zero-order valence-electron chi connectivity index (χ0n) is 10.4. The van der Waals surface area contributed by atoms with E-state index in [1.807, 2.05) is 6.08 Å². The van der Waals surface area contributed by atoms with Crippen LogP contribution in [0.1, 0.15) is 39.0 Å². The summed E-state index contributed by atoms with van der Waals surface area (Å²) in [6.45, 7) is 8.80. The first-order valence-corrected chi connectivity index (χ1v) is 6.31. The highest BCUT2D eigenvalue weighted by Crippen LogP contribution is 2.10. The highest BCUT2D eigenvalue weighted by Gasteiger charge is 2.16. The second kappa shape index (κ2) is 6.73. The molecular weight excluding hydrogens is 198 g/mol. The van der Waals surface area contributed by atoms with Gasteiger partial charge in [-0.25, -0.2) is 0 Å². The van der Waals surface area contributed by atoms with Gasteiger partial charge in [-0.3, -0.25) is 0 Å². The van der Waals surface area contributed by atoms with Crippen molar-refractivity contribution in [2.45, 2.75) is 44.6 Å².